The molecule has 0 saturated heterocycles. The number of likely N-dealkylation sites (N-methyl/N-ethyl adjacent to an activating group) is 1. The molecule has 98 heavy (non-hydrogen) atoms. The van der Waals surface area contributed by atoms with Gasteiger partial charge >= 0.3 is 11.9 Å². The number of rotatable bonds is 76. The van der Waals surface area contributed by atoms with Gasteiger partial charge in [-0.2, -0.15) is 0 Å². The van der Waals surface area contributed by atoms with Gasteiger partial charge in [-0.05, 0) is 109 Å². The van der Waals surface area contributed by atoms with Crippen molar-refractivity contribution < 1.29 is 42.1 Å². The molecule has 0 aliphatic heterocycles. The lowest BCUT2D eigenvalue weighted by atomic mass is 10.0. The summed E-state index contributed by atoms with van der Waals surface area (Å²) in [6.07, 6.45) is 112. The molecule has 2 unspecified atom stereocenters. The van der Waals surface area contributed by atoms with E-state index in [1.807, 2.05) is 21.1 Å². The summed E-state index contributed by atoms with van der Waals surface area (Å²) in [6, 6.07) is 0. The number of carbonyl (C=O) groups excluding carboxylic acids is 2. The first-order chi connectivity index (χ1) is 48.0. The van der Waals surface area contributed by atoms with E-state index in [0.717, 1.165) is 96.3 Å². The number of unbranched alkanes of at least 4 members (excludes halogenated alkanes) is 42. The number of ether oxygens (including phenoxy) is 2. The van der Waals surface area contributed by atoms with Crippen molar-refractivity contribution in [2.24, 2.45) is 0 Å². The van der Waals surface area contributed by atoms with Gasteiger partial charge in [-0.3, -0.25) is 14.2 Å². The summed E-state index contributed by atoms with van der Waals surface area (Å²) in [4.78, 5) is 38.2. The minimum atomic E-state index is -4.65. The molecule has 566 valence electrons. The Hall–Kier alpha value is -3.59. The lowest BCUT2D eigenvalue weighted by Crippen LogP contribution is -2.37. The lowest BCUT2D eigenvalue weighted by Gasteiger charge is -2.28. The van der Waals surface area contributed by atoms with Gasteiger partial charge in [0.2, 0.25) is 0 Å². The molecule has 0 aliphatic carbocycles. The monoisotopic (exact) mass is 1390 g/mol. The maximum atomic E-state index is 12.9. The van der Waals surface area contributed by atoms with E-state index in [1.165, 1.54) is 244 Å². The Labute approximate surface area is 607 Å². The molecule has 0 spiro atoms. The molecule has 0 amide bonds. The van der Waals surface area contributed by atoms with E-state index in [-0.39, 0.29) is 32.0 Å². The fourth-order valence-corrected chi connectivity index (χ4v) is 12.4. The molecule has 0 radical (unpaired) electrons. The lowest BCUT2D eigenvalue weighted by molar-refractivity contribution is -0.870. The third-order valence-electron chi connectivity index (χ3n) is 18.0. The first kappa shape index (κ1) is 94.4. The summed E-state index contributed by atoms with van der Waals surface area (Å²) in [7, 11) is 1.17. The van der Waals surface area contributed by atoms with Gasteiger partial charge in [-0.25, -0.2) is 0 Å². The van der Waals surface area contributed by atoms with E-state index in [9.17, 15) is 19.0 Å². The van der Waals surface area contributed by atoms with Crippen LogP contribution in [0.15, 0.2) is 122 Å². The van der Waals surface area contributed by atoms with Crippen LogP contribution in [0.1, 0.15) is 373 Å². The molecule has 0 rings (SSSR count). The first-order valence-electron chi connectivity index (χ1n) is 41.2. The number of hydrogen-bond acceptors (Lipinski definition) is 8. The summed E-state index contributed by atoms with van der Waals surface area (Å²) in [5, 5.41) is 0. The van der Waals surface area contributed by atoms with Gasteiger partial charge in [-0.1, -0.05) is 373 Å². The van der Waals surface area contributed by atoms with Crippen LogP contribution in [0.2, 0.25) is 0 Å². The molecule has 0 aromatic heterocycles. The van der Waals surface area contributed by atoms with Gasteiger partial charge in [0.1, 0.15) is 19.8 Å². The predicted octanol–water partition coefficient (Wildman–Crippen LogP) is 27.1. The zero-order valence-electron chi connectivity index (χ0n) is 64.7. The van der Waals surface area contributed by atoms with E-state index >= 15 is 0 Å². The number of allylic oxidation sites excluding steroid dienone is 20. The van der Waals surface area contributed by atoms with Gasteiger partial charge in [-0.15, -0.1) is 0 Å². The molecule has 0 N–H and O–H groups in total. The first-order valence-corrected chi connectivity index (χ1v) is 42.7. The molecule has 0 bridgehead atoms. The Kier molecular flexibility index (Phi) is 74.7. The van der Waals surface area contributed by atoms with Crippen molar-refractivity contribution >= 4 is 19.8 Å². The van der Waals surface area contributed by atoms with Crippen LogP contribution >= 0.6 is 7.82 Å². The van der Waals surface area contributed by atoms with Crippen LogP contribution in [0.4, 0.5) is 0 Å². The number of phosphoric acid groups is 1. The maximum absolute atomic E-state index is 12.9. The standard InChI is InChI=1S/C88H156NO8P/c1-6-8-10-12-14-16-18-20-22-24-26-28-30-32-34-36-38-40-42-44-46-48-50-52-54-56-58-60-62-64-66-68-70-72-74-76-78-80-87(90)94-84-86(85-96-98(92,93)95-83-82-89(3,4)5)97-88(91)81-79-77-75-73-71-69-67-65-63-61-59-57-55-53-51-49-47-45-43-41-39-37-35-33-31-29-27-25-23-21-19-17-15-13-11-9-7-2/h9,11,15,17-18,20-21,23-24,26-27,29-30,32-33,35,39,41,45,47,86H,6-8,10,12-14,16,19,22,25,28,31,34,36-38,40,42-44,46,48-85H2,1-5H3/b11-9-,17-15-,20-18-,23-21-,26-24-,29-27-,32-30-,35-33-,41-39-,47-45-. The highest BCUT2D eigenvalue weighted by atomic mass is 31.2. The van der Waals surface area contributed by atoms with E-state index < -0.39 is 26.5 Å². The average molecular weight is 1390 g/mol. The molecule has 0 aromatic rings. The molecule has 0 saturated carbocycles. The minimum Gasteiger partial charge on any atom is -0.756 e. The topological polar surface area (TPSA) is 111 Å². The zero-order valence-corrected chi connectivity index (χ0v) is 65.6. The maximum Gasteiger partial charge on any atom is 0.306 e. The highest BCUT2D eigenvalue weighted by molar-refractivity contribution is 7.45. The molecule has 10 heteroatoms. The number of carbonyl (C=O) groups is 2. The second-order valence-electron chi connectivity index (χ2n) is 28.8. The molecule has 0 aromatic carbocycles. The average Bonchev–Trinajstić information content (AvgIpc) is 1.08. The Morgan fingerprint density at radius 3 is 0.867 bits per heavy atom. The Morgan fingerprint density at radius 2 is 0.582 bits per heavy atom. The van der Waals surface area contributed by atoms with Crippen LogP contribution in [-0.4, -0.2) is 70.0 Å². The highest BCUT2D eigenvalue weighted by Gasteiger charge is 2.22. The fourth-order valence-electron chi connectivity index (χ4n) is 11.7. The van der Waals surface area contributed by atoms with E-state index in [2.05, 4.69) is 135 Å². The zero-order chi connectivity index (χ0) is 71.1. The third-order valence-corrected chi connectivity index (χ3v) is 18.9. The summed E-state index contributed by atoms with van der Waals surface area (Å²) in [5.41, 5.74) is 0. The number of phosphoric ester groups is 1. The van der Waals surface area contributed by atoms with E-state index in [0.29, 0.717) is 17.4 Å². The van der Waals surface area contributed by atoms with Gasteiger partial charge in [0.15, 0.2) is 6.10 Å². The van der Waals surface area contributed by atoms with Crippen LogP contribution in [0.3, 0.4) is 0 Å². The molecule has 0 aliphatic rings. The second-order valence-corrected chi connectivity index (χ2v) is 30.2. The van der Waals surface area contributed by atoms with Crippen molar-refractivity contribution in [3.8, 4) is 0 Å². The van der Waals surface area contributed by atoms with Gasteiger partial charge in [0.25, 0.3) is 7.82 Å². The van der Waals surface area contributed by atoms with Crippen molar-refractivity contribution in [2.45, 2.75) is 380 Å². The van der Waals surface area contributed by atoms with Crippen LogP contribution in [0, 0.1) is 0 Å². The van der Waals surface area contributed by atoms with Crippen molar-refractivity contribution in [3.63, 3.8) is 0 Å². The van der Waals surface area contributed by atoms with Gasteiger partial charge in [0.05, 0.1) is 27.7 Å². The summed E-state index contributed by atoms with van der Waals surface area (Å²) < 4.78 is 34.4. The Balaban J connectivity index is 3.95. The SMILES string of the molecule is CC/C=C\C/C=C\C/C=C\C/C=C\C/C=C\C/C=C\C/C=C\CCCCCCCCCCCCCCCCCC(=O)OC(COC(=O)CCCCCCCCCCCCCCCCCCCCCCCC/C=C\C/C=C\C/C=C\CCCCCCC)COP(=O)([O-])OCC[N+](C)(C)C. The summed E-state index contributed by atoms with van der Waals surface area (Å²) in [5.74, 6) is -0.821. The van der Waals surface area contributed by atoms with Crippen LogP contribution < -0.4 is 4.89 Å². The predicted molar refractivity (Wildman–Crippen MR) is 425 cm³/mol. The second kappa shape index (κ2) is 77.6. The molecule has 2 atom stereocenters. The minimum absolute atomic E-state index is 0.0328. The van der Waals surface area contributed by atoms with Crippen molar-refractivity contribution in [3.05, 3.63) is 122 Å². The molecular formula is C88H156NO8P. The molecular weight excluding hydrogens is 1230 g/mol. The molecule has 0 fully saturated rings. The summed E-state index contributed by atoms with van der Waals surface area (Å²) in [6.45, 7) is 4.16. The highest BCUT2D eigenvalue weighted by Crippen LogP contribution is 2.38. The molecule has 0 heterocycles. The smallest absolute Gasteiger partial charge is 0.306 e. The van der Waals surface area contributed by atoms with E-state index in [1.54, 1.807) is 0 Å². The third kappa shape index (κ3) is 81.4. The van der Waals surface area contributed by atoms with Crippen LogP contribution in [0.5, 0.6) is 0 Å². The number of hydrogen-bond donors (Lipinski definition) is 0. The number of esters is 2. The molecule has 9 nitrogen and oxygen atoms in total. The van der Waals surface area contributed by atoms with Crippen molar-refractivity contribution in [1.29, 1.82) is 0 Å². The number of nitrogens with zero attached hydrogens (tertiary/aromatic N) is 1. The van der Waals surface area contributed by atoms with Gasteiger partial charge < -0.3 is 27.9 Å². The summed E-state index contributed by atoms with van der Waals surface area (Å²) >= 11 is 0. The number of quaternary nitrogens is 1. The quantitative estimate of drug-likeness (QED) is 0.0195. The fraction of sp³-hybridized carbons (Fsp3) is 0.750. The van der Waals surface area contributed by atoms with Gasteiger partial charge in [0, 0.05) is 12.8 Å². The van der Waals surface area contributed by atoms with E-state index in [4.69, 9.17) is 18.5 Å². The van der Waals surface area contributed by atoms with Crippen molar-refractivity contribution in [2.75, 3.05) is 47.5 Å². The van der Waals surface area contributed by atoms with Crippen LogP contribution in [0.25, 0.3) is 0 Å². The van der Waals surface area contributed by atoms with Crippen LogP contribution in [-0.2, 0) is 32.7 Å². The normalized spacial score (nSPS) is 13.7. The van der Waals surface area contributed by atoms with Crippen molar-refractivity contribution in [1.82, 2.24) is 0 Å². The largest absolute Gasteiger partial charge is 0.756 e. The Bertz CT molecular complexity index is 2070. The Morgan fingerprint density at radius 1 is 0.327 bits per heavy atom.